The van der Waals surface area contributed by atoms with Crippen LogP contribution in [0.5, 0.6) is 5.75 Å². The zero-order chi connectivity index (χ0) is 21.1. The van der Waals surface area contributed by atoms with Crippen LogP contribution in [0.3, 0.4) is 0 Å². The van der Waals surface area contributed by atoms with Gasteiger partial charge in [-0.25, -0.2) is 4.79 Å². The van der Waals surface area contributed by atoms with Crippen LogP contribution < -0.4 is 4.74 Å². The molecule has 0 saturated carbocycles. The van der Waals surface area contributed by atoms with Crippen LogP contribution in [0, 0.1) is 12.8 Å². The summed E-state index contributed by atoms with van der Waals surface area (Å²) in [4.78, 5) is 11.0. The number of benzene rings is 2. The van der Waals surface area contributed by atoms with Crippen molar-refractivity contribution in [3.8, 4) is 28.3 Å². The number of aliphatic carboxylic acids is 1. The fourth-order valence-corrected chi connectivity index (χ4v) is 3.47. The smallest absolute Gasteiger partial charge is 0.341 e. The molecule has 0 amide bonds. The Morgan fingerprint density at radius 2 is 1.93 bits per heavy atom. The van der Waals surface area contributed by atoms with Gasteiger partial charge in [0.15, 0.2) is 6.61 Å². The van der Waals surface area contributed by atoms with Crippen molar-refractivity contribution in [3.63, 3.8) is 0 Å². The summed E-state index contributed by atoms with van der Waals surface area (Å²) >= 11 is 9.60. The Morgan fingerprint density at radius 3 is 2.55 bits per heavy atom. The van der Waals surface area contributed by atoms with Crippen LogP contribution in [0.15, 0.2) is 46.9 Å². The van der Waals surface area contributed by atoms with Crippen LogP contribution in [0.1, 0.15) is 19.4 Å². The van der Waals surface area contributed by atoms with E-state index in [1.165, 1.54) is 0 Å². The molecular weight excluding hydrogens is 456 g/mol. The van der Waals surface area contributed by atoms with E-state index < -0.39 is 12.6 Å². The Balaban J connectivity index is 2.12. The molecule has 1 aromatic heterocycles. The molecular formula is C22H22BrClN2O3. The van der Waals surface area contributed by atoms with E-state index in [2.05, 4.69) is 29.8 Å². The molecule has 29 heavy (non-hydrogen) atoms. The molecule has 0 fully saturated rings. The van der Waals surface area contributed by atoms with E-state index in [1.54, 1.807) is 0 Å². The van der Waals surface area contributed by atoms with E-state index in [0.717, 1.165) is 39.1 Å². The number of hydrogen-bond acceptors (Lipinski definition) is 3. The summed E-state index contributed by atoms with van der Waals surface area (Å²) in [6.45, 7) is 6.53. The highest BCUT2D eigenvalue weighted by Gasteiger charge is 2.18. The minimum atomic E-state index is -1.02. The maximum Gasteiger partial charge on any atom is 0.341 e. The van der Waals surface area contributed by atoms with Gasteiger partial charge in [-0.15, -0.1) is 0 Å². The van der Waals surface area contributed by atoms with E-state index in [4.69, 9.17) is 26.5 Å². The molecule has 1 N–H and O–H groups in total. The highest BCUT2D eigenvalue weighted by molar-refractivity contribution is 9.10. The molecule has 0 aliphatic rings. The zero-order valence-electron chi connectivity index (χ0n) is 16.4. The van der Waals surface area contributed by atoms with Crippen molar-refractivity contribution in [2.45, 2.75) is 27.3 Å². The summed E-state index contributed by atoms with van der Waals surface area (Å²) in [7, 11) is 0. The monoisotopic (exact) mass is 476 g/mol. The number of carboxylic acid groups (broad SMARTS) is 1. The van der Waals surface area contributed by atoms with Crippen LogP contribution in [-0.4, -0.2) is 27.5 Å². The third-order valence-electron chi connectivity index (χ3n) is 4.35. The number of aryl methyl sites for hydroxylation is 1. The molecule has 0 spiro atoms. The second-order valence-corrected chi connectivity index (χ2v) is 8.57. The van der Waals surface area contributed by atoms with Gasteiger partial charge in [-0.1, -0.05) is 53.5 Å². The number of halogens is 2. The minimum Gasteiger partial charge on any atom is -0.481 e. The first-order valence-corrected chi connectivity index (χ1v) is 10.4. The van der Waals surface area contributed by atoms with Crippen molar-refractivity contribution in [2.75, 3.05) is 6.61 Å². The number of aromatic nitrogens is 2. The number of nitrogens with zero attached hydrogens (tertiary/aromatic N) is 2. The molecule has 5 nitrogen and oxygen atoms in total. The molecule has 0 atom stereocenters. The Bertz CT molecular complexity index is 1030. The summed E-state index contributed by atoms with van der Waals surface area (Å²) in [6.07, 6.45) is 0. The highest BCUT2D eigenvalue weighted by atomic mass is 79.9. The SMILES string of the molecule is Cc1cc(OCC(=O)O)c(-c2cc(-c3ccc(Cl)cc3)n(CC(C)C)n2)cc1Br. The lowest BCUT2D eigenvalue weighted by Gasteiger charge is -2.11. The molecule has 3 rings (SSSR count). The van der Waals surface area contributed by atoms with Gasteiger partial charge in [0, 0.05) is 21.6 Å². The van der Waals surface area contributed by atoms with Crippen molar-refractivity contribution in [1.29, 1.82) is 0 Å². The van der Waals surface area contributed by atoms with Crippen LogP contribution in [-0.2, 0) is 11.3 Å². The summed E-state index contributed by atoms with van der Waals surface area (Å²) in [5.74, 6) is -0.130. The normalized spacial score (nSPS) is 11.1. The van der Waals surface area contributed by atoms with Gasteiger partial charge in [0.2, 0.25) is 0 Å². The van der Waals surface area contributed by atoms with Crippen LogP contribution in [0.2, 0.25) is 5.02 Å². The second-order valence-electron chi connectivity index (χ2n) is 7.28. The third kappa shape index (κ3) is 5.19. The highest BCUT2D eigenvalue weighted by Crippen LogP contribution is 2.36. The third-order valence-corrected chi connectivity index (χ3v) is 5.45. The van der Waals surface area contributed by atoms with Gasteiger partial charge in [0.25, 0.3) is 0 Å². The molecule has 0 saturated heterocycles. The molecule has 0 aliphatic heterocycles. The molecule has 0 bridgehead atoms. The van der Waals surface area contributed by atoms with E-state index >= 15 is 0 Å². The number of hydrogen-bond donors (Lipinski definition) is 1. The van der Waals surface area contributed by atoms with Gasteiger partial charge in [0.1, 0.15) is 5.75 Å². The van der Waals surface area contributed by atoms with Crippen molar-refractivity contribution < 1.29 is 14.6 Å². The van der Waals surface area contributed by atoms with E-state index in [9.17, 15) is 4.79 Å². The van der Waals surface area contributed by atoms with Gasteiger partial charge >= 0.3 is 5.97 Å². The van der Waals surface area contributed by atoms with E-state index in [1.807, 2.05) is 54.1 Å². The predicted octanol–water partition coefficient (Wildman–Crippen LogP) is 6.06. The van der Waals surface area contributed by atoms with Gasteiger partial charge in [0.05, 0.1) is 11.4 Å². The molecule has 0 unspecified atom stereocenters. The second kappa shape index (κ2) is 9.01. The van der Waals surface area contributed by atoms with Gasteiger partial charge < -0.3 is 9.84 Å². The molecule has 152 valence electrons. The van der Waals surface area contributed by atoms with Crippen LogP contribution in [0.25, 0.3) is 22.5 Å². The number of ether oxygens (including phenoxy) is 1. The van der Waals surface area contributed by atoms with Crippen molar-refractivity contribution in [1.82, 2.24) is 9.78 Å². The fourth-order valence-electron chi connectivity index (χ4n) is 3.00. The zero-order valence-corrected chi connectivity index (χ0v) is 18.8. The number of carboxylic acids is 1. The average molecular weight is 478 g/mol. The summed E-state index contributed by atoms with van der Waals surface area (Å²) in [6, 6.07) is 13.4. The Kier molecular flexibility index (Phi) is 6.65. The average Bonchev–Trinajstić information content (AvgIpc) is 3.05. The minimum absolute atomic E-state index is 0.404. The standard InChI is InChI=1S/C22H22BrClN2O3/c1-13(2)11-26-20(15-4-6-16(24)7-5-15)10-19(25-26)17-9-18(23)14(3)8-21(17)29-12-22(27)28/h4-10,13H,11-12H2,1-3H3,(H,27,28). The first-order chi connectivity index (χ1) is 13.7. The Hall–Kier alpha value is -2.31. The van der Waals surface area contributed by atoms with Crippen molar-refractivity contribution in [2.24, 2.45) is 5.92 Å². The van der Waals surface area contributed by atoms with Gasteiger partial charge in [-0.2, -0.15) is 5.10 Å². The van der Waals surface area contributed by atoms with E-state index in [-0.39, 0.29) is 0 Å². The lowest BCUT2D eigenvalue weighted by molar-refractivity contribution is -0.139. The molecule has 7 heteroatoms. The van der Waals surface area contributed by atoms with E-state index in [0.29, 0.717) is 16.7 Å². The van der Waals surface area contributed by atoms with Crippen molar-refractivity contribution in [3.05, 3.63) is 57.5 Å². The fraction of sp³-hybridized carbons (Fsp3) is 0.273. The maximum absolute atomic E-state index is 11.0. The lowest BCUT2D eigenvalue weighted by atomic mass is 10.1. The molecule has 0 radical (unpaired) electrons. The molecule has 0 aliphatic carbocycles. The Labute approximate surface area is 183 Å². The maximum atomic E-state index is 11.0. The molecule has 1 heterocycles. The van der Waals surface area contributed by atoms with Crippen LogP contribution in [0.4, 0.5) is 0 Å². The largest absolute Gasteiger partial charge is 0.481 e. The predicted molar refractivity (Wildman–Crippen MR) is 119 cm³/mol. The number of carbonyl (C=O) groups is 1. The first-order valence-electron chi connectivity index (χ1n) is 9.23. The first kappa shape index (κ1) is 21.4. The summed E-state index contributed by atoms with van der Waals surface area (Å²) in [5, 5.41) is 14.5. The Morgan fingerprint density at radius 1 is 1.24 bits per heavy atom. The topological polar surface area (TPSA) is 64.3 Å². The molecule has 2 aromatic carbocycles. The van der Waals surface area contributed by atoms with Gasteiger partial charge in [-0.05, 0) is 54.3 Å². The van der Waals surface area contributed by atoms with Crippen LogP contribution >= 0.6 is 27.5 Å². The molecule has 3 aromatic rings. The van der Waals surface area contributed by atoms with Crippen molar-refractivity contribution >= 4 is 33.5 Å². The lowest BCUT2D eigenvalue weighted by Crippen LogP contribution is -2.10. The number of rotatable bonds is 7. The summed E-state index contributed by atoms with van der Waals surface area (Å²) < 4.78 is 8.43. The van der Waals surface area contributed by atoms with Gasteiger partial charge in [-0.3, -0.25) is 4.68 Å². The summed E-state index contributed by atoms with van der Waals surface area (Å²) in [5.41, 5.74) is 4.38. The quantitative estimate of drug-likeness (QED) is 0.449.